The average molecular weight is 254 g/mol. The van der Waals surface area contributed by atoms with Crippen LogP contribution in [0.3, 0.4) is 0 Å². The van der Waals surface area contributed by atoms with Gasteiger partial charge in [0.05, 0.1) is 0 Å². The van der Waals surface area contributed by atoms with Crippen molar-refractivity contribution >= 4 is 12.6 Å². The summed E-state index contributed by atoms with van der Waals surface area (Å²) in [4.78, 5) is 0. The molecule has 0 saturated heterocycles. The number of thiol groups is 1. The van der Waals surface area contributed by atoms with Gasteiger partial charge in [-0.3, -0.25) is 0 Å². The van der Waals surface area contributed by atoms with Gasteiger partial charge in [0.2, 0.25) is 0 Å². The maximum atomic E-state index is 4.43. The van der Waals surface area contributed by atoms with Crippen molar-refractivity contribution in [1.82, 2.24) is 0 Å². The molecule has 2 saturated carbocycles. The zero-order valence-electron chi connectivity index (χ0n) is 11.7. The van der Waals surface area contributed by atoms with Crippen molar-refractivity contribution in [2.45, 2.75) is 65.2 Å². The van der Waals surface area contributed by atoms with E-state index in [1.807, 2.05) is 0 Å². The Balaban J connectivity index is 1.80. The van der Waals surface area contributed by atoms with E-state index in [0.717, 1.165) is 35.3 Å². The van der Waals surface area contributed by atoms with Gasteiger partial charge < -0.3 is 0 Å². The molecule has 0 heterocycles. The lowest BCUT2D eigenvalue weighted by Crippen LogP contribution is -2.14. The predicted octanol–water partition coefficient (Wildman–Crippen LogP) is 5.19. The lowest BCUT2D eigenvalue weighted by molar-refractivity contribution is 0.286. The highest BCUT2D eigenvalue weighted by Crippen LogP contribution is 2.53. The zero-order valence-corrected chi connectivity index (χ0v) is 12.6. The summed E-state index contributed by atoms with van der Waals surface area (Å²) in [5.41, 5.74) is 0. The molecule has 0 N–H and O–H groups in total. The van der Waals surface area contributed by atoms with Gasteiger partial charge in [0.15, 0.2) is 0 Å². The molecular formula is C16H30S. The van der Waals surface area contributed by atoms with Gasteiger partial charge in [0, 0.05) is 0 Å². The van der Waals surface area contributed by atoms with Crippen molar-refractivity contribution in [2.75, 3.05) is 5.75 Å². The molecule has 1 heteroatoms. The Bertz CT molecular complexity index is 226. The third-order valence-electron chi connectivity index (χ3n) is 5.73. The van der Waals surface area contributed by atoms with Crippen molar-refractivity contribution in [3.8, 4) is 0 Å². The lowest BCUT2D eigenvalue weighted by Gasteiger charge is -2.21. The van der Waals surface area contributed by atoms with Gasteiger partial charge in [-0.1, -0.05) is 26.7 Å². The lowest BCUT2D eigenvalue weighted by atomic mass is 9.84. The Morgan fingerprint density at radius 1 is 1.00 bits per heavy atom. The Labute approximate surface area is 113 Å². The Morgan fingerprint density at radius 3 is 2.12 bits per heavy atom. The first kappa shape index (κ1) is 13.8. The molecule has 0 aromatic rings. The van der Waals surface area contributed by atoms with Gasteiger partial charge in [-0.05, 0) is 73.9 Å². The molecule has 0 radical (unpaired) electrons. The minimum Gasteiger partial charge on any atom is -0.179 e. The van der Waals surface area contributed by atoms with Gasteiger partial charge in [-0.2, -0.15) is 12.6 Å². The fourth-order valence-electron chi connectivity index (χ4n) is 4.43. The highest BCUT2D eigenvalue weighted by atomic mass is 32.1. The summed E-state index contributed by atoms with van der Waals surface area (Å²) in [5.74, 6) is 6.35. The molecule has 17 heavy (non-hydrogen) atoms. The van der Waals surface area contributed by atoms with E-state index in [0.29, 0.717) is 0 Å². The normalized spacial score (nSPS) is 38.3. The second-order valence-corrected chi connectivity index (χ2v) is 7.05. The molecule has 100 valence electrons. The molecule has 5 atom stereocenters. The molecule has 2 rings (SSSR count). The van der Waals surface area contributed by atoms with E-state index in [1.54, 1.807) is 0 Å². The Morgan fingerprint density at radius 2 is 1.59 bits per heavy atom. The smallest absolute Gasteiger partial charge is 0.00952 e. The van der Waals surface area contributed by atoms with Crippen molar-refractivity contribution < 1.29 is 0 Å². The van der Waals surface area contributed by atoms with Crippen LogP contribution in [-0.4, -0.2) is 5.75 Å². The molecule has 0 spiro atoms. The molecule has 0 aromatic carbocycles. The second-order valence-electron chi connectivity index (χ2n) is 6.61. The Kier molecular flexibility index (Phi) is 5.26. The molecule has 0 bridgehead atoms. The standard InChI is InChI=1S/C16H30S/c1-3-12(2)4-5-13-6-8-16-14(10-11-17)7-9-15(13)16/h12-17H,3-11H2,1-2H3. The van der Waals surface area contributed by atoms with Crippen LogP contribution in [0.2, 0.25) is 0 Å². The van der Waals surface area contributed by atoms with Crippen LogP contribution in [0.1, 0.15) is 65.2 Å². The van der Waals surface area contributed by atoms with E-state index in [9.17, 15) is 0 Å². The van der Waals surface area contributed by atoms with Crippen molar-refractivity contribution in [3.05, 3.63) is 0 Å². The first-order valence-corrected chi connectivity index (χ1v) is 8.50. The number of hydrogen-bond acceptors (Lipinski definition) is 1. The van der Waals surface area contributed by atoms with E-state index in [2.05, 4.69) is 26.5 Å². The molecule has 5 unspecified atom stereocenters. The molecule has 0 nitrogen and oxygen atoms in total. The SMILES string of the molecule is CCC(C)CCC1CCC2C(CCS)CCC12. The maximum Gasteiger partial charge on any atom is -0.00952 e. The molecular weight excluding hydrogens is 224 g/mol. The fourth-order valence-corrected chi connectivity index (χ4v) is 4.76. The summed E-state index contributed by atoms with van der Waals surface area (Å²) < 4.78 is 0. The van der Waals surface area contributed by atoms with E-state index in [4.69, 9.17) is 0 Å². The average Bonchev–Trinajstić information content (AvgIpc) is 2.90. The van der Waals surface area contributed by atoms with Crippen LogP contribution < -0.4 is 0 Å². The molecule has 2 aliphatic carbocycles. The monoisotopic (exact) mass is 254 g/mol. The highest BCUT2D eigenvalue weighted by Gasteiger charge is 2.43. The van der Waals surface area contributed by atoms with E-state index < -0.39 is 0 Å². The van der Waals surface area contributed by atoms with Gasteiger partial charge in [-0.25, -0.2) is 0 Å². The molecule has 2 fully saturated rings. The largest absolute Gasteiger partial charge is 0.179 e. The third kappa shape index (κ3) is 3.22. The third-order valence-corrected chi connectivity index (χ3v) is 5.99. The van der Waals surface area contributed by atoms with Gasteiger partial charge in [0.25, 0.3) is 0 Å². The summed E-state index contributed by atoms with van der Waals surface area (Å²) >= 11 is 4.43. The summed E-state index contributed by atoms with van der Waals surface area (Å²) in [6.07, 6.45) is 11.9. The van der Waals surface area contributed by atoms with Crippen molar-refractivity contribution in [2.24, 2.45) is 29.6 Å². The highest BCUT2D eigenvalue weighted by molar-refractivity contribution is 7.80. The van der Waals surface area contributed by atoms with Gasteiger partial charge >= 0.3 is 0 Å². The first-order chi connectivity index (χ1) is 8.26. The summed E-state index contributed by atoms with van der Waals surface area (Å²) in [5, 5.41) is 0. The van der Waals surface area contributed by atoms with E-state index in [1.165, 1.54) is 51.4 Å². The van der Waals surface area contributed by atoms with Gasteiger partial charge in [0.1, 0.15) is 0 Å². The molecule has 0 aliphatic heterocycles. The van der Waals surface area contributed by atoms with Crippen LogP contribution in [0.25, 0.3) is 0 Å². The summed E-state index contributed by atoms with van der Waals surface area (Å²) in [6.45, 7) is 4.76. The summed E-state index contributed by atoms with van der Waals surface area (Å²) in [6, 6.07) is 0. The van der Waals surface area contributed by atoms with Crippen molar-refractivity contribution in [1.29, 1.82) is 0 Å². The number of rotatable bonds is 6. The van der Waals surface area contributed by atoms with Crippen LogP contribution in [0, 0.1) is 29.6 Å². The minimum atomic E-state index is 0.948. The fraction of sp³-hybridized carbons (Fsp3) is 1.00. The predicted molar refractivity (Wildman–Crippen MR) is 79.6 cm³/mol. The van der Waals surface area contributed by atoms with Crippen LogP contribution in [0.5, 0.6) is 0 Å². The van der Waals surface area contributed by atoms with Crippen LogP contribution >= 0.6 is 12.6 Å². The van der Waals surface area contributed by atoms with E-state index >= 15 is 0 Å². The second kappa shape index (κ2) is 6.50. The first-order valence-electron chi connectivity index (χ1n) is 7.87. The summed E-state index contributed by atoms with van der Waals surface area (Å²) in [7, 11) is 0. The van der Waals surface area contributed by atoms with E-state index in [-0.39, 0.29) is 0 Å². The van der Waals surface area contributed by atoms with Crippen molar-refractivity contribution in [3.63, 3.8) is 0 Å². The van der Waals surface area contributed by atoms with Gasteiger partial charge in [-0.15, -0.1) is 0 Å². The number of hydrogen-bond donors (Lipinski definition) is 1. The van der Waals surface area contributed by atoms with Crippen LogP contribution in [0.4, 0.5) is 0 Å². The molecule has 0 amide bonds. The Hall–Kier alpha value is 0.350. The number of fused-ring (bicyclic) bond motifs is 1. The maximum absolute atomic E-state index is 4.43. The molecule has 0 aromatic heterocycles. The topological polar surface area (TPSA) is 0 Å². The van der Waals surface area contributed by atoms with Crippen LogP contribution in [-0.2, 0) is 0 Å². The zero-order chi connectivity index (χ0) is 12.3. The minimum absolute atomic E-state index is 0.948. The van der Waals surface area contributed by atoms with Crippen LogP contribution in [0.15, 0.2) is 0 Å². The molecule has 2 aliphatic rings. The quantitative estimate of drug-likeness (QED) is 0.620.